The zero-order chi connectivity index (χ0) is 16.9. The molecule has 0 atom stereocenters. The van der Waals surface area contributed by atoms with Gasteiger partial charge in [-0.25, -0.2) is 0 Å². The molecule has 0 saturated heterocycles. The molecule has 3 rings (SSSR count). The summed E-state index contributed by atoms with van der Waals surface area (Å²) >= 11 is 2.96. The first kappa shape index (κ1) is 16.7. The fourth-order valence-corrected chi connectivity index (χ4v) is 3.68. The molecule has 2 heterocycles. The van der Waals surface area contributed by atoms with E-state index in [1.807, 2.05) is 49.6 Å². The highest BCUT2D eigenvalue weighted by Gasteiger charge is 2.14. The monoisotopic (exact) mass is 359 g/mol. The molecule has 0 fully saturated rings. The number of nitrogens with one attached hydrogen (secondary N) is 1. The summed E-state index contributed by atoms with van der Waals surface area (Å²) in [7, 11) is 0. The Bertz CT molecular complexity index is 809. The van der Waals surface area contributed by atoms with Crippen molar-refractivity contribution in [2.75, 3.05) is 5.75 Å². The predicted octanol–water partition coefficient (Wildman–Crippen LogP) is 2.75. The van der Waals surface area contributed by atoms with Crippen LogP contribution >= 0.6 is 23.1 Å². The van der Waals surface area contributed by atoms with E-state index in [2.05, 4.69) is 20.8 Å². The van der Waals surface area contributed by atoms with E-state index in [-0.39, 0.29) is 11.7 Å². The molecule has 3 aromatic rings. The lowest BCUT2D eigenvalue weighted by atomic mass is 10.1. The highest BCUT2D eigenvalue weighted by Crippen LogP contribution is 2.23. The average molecular weight is 359 g/mol. The molecule has 1 aromatic carbocycles. The van der Waals surface area contributed by atoms with Crippen LogP contribution in [0, 0.1) is 13.8 Å². The van der Waals surface area contributed by atoms with Crippen LogP contribution in [0.3, 0.4) is 0 Å². The van der Waals surface area contributed by atoms with Gasteiger partial charge in [0.1, 0.15) is 0 Å². The van der Waals surface area contributed by atoms with E-state index in [1.165, 1.54) is 11.8 Å². The van der Waals surface area contributed by atoms with Gasteiger partial charge in [-0.15, -0.1) is 16.4 Å². The number of carbonyl (C=O) groups is 1. The molecule has 2 aromatic heterocycles. The lowest BCUT2D eigenvalue weighted by Crippen LogP contribution is -2.24. The summed E-state index contributed by atoms with van der Waals surface area (Å²) in [5.41, 5.74) is 3.14. The van der Waals surface area contributed by atoms with Gasteiger partial charge in [0.2, 0.25) is 11.1 Å². The molecule has 0 spiro atoms. The van der Waals surface area contributed by atoms with Gasteiger partial charge in [-0.05, 0) is 46.8 Å². The Balaban J connectivity index is 1.65. The fourth-order valence-electron chi connectivity index (χ4n) is 2.33. The summed E-state index contributed by atoms with van der Waals surface area (Å²) < 4.78 is 1.70. The van der Waals surface area contributed by atoms with Crippen molar-refractivity contribution in [2.24, 2.45) is 0 Å². The molecular weight excluding hydrogens is 342 g/mol. The second-order valence-electron chi connectivity index (χ2n) is 5.26. The molecule has 24 heavy (non-hydrogen) atoms. The highest BCUT2D eigenvalue weighted by molar-refractivity contribution is 7.99. The van der Waals surface area contributed by atoms with E-state index < -0.39 is 0 Å². The largest absolute Gasteiger partial charge is 0.350 e. The van der Waals surface area contributed by atoms with Crippen LogP contribution in [0.1, 0.15) is 16.0 Å². The Kier molecular flexibility index (Phi) is 5.27. The van der Waals surface area contributed by atoms with Crippen molar-refractivity contribution in [3.8, 4) is 5.69 Å². The van der Waals surface area contributed by atoms with Crippen molar-refractivity contribution in [2.45, 2.75) is 25.5 Å². The normalized spacial score (nSPS) is 10.8. The van der Waals surface area contributed by atoms with Crippen molar-refractivity contribution in [1.29, 1.82) is 0 Å². The number of aromatic nitrogens is 4. The number of rotatable bonds is 6. The number of benzene rings is 1. The van der Waals surface area contributed by atoms with Gasteiger partial charge in [-0.3, -0.25) is 4.79 Å². The van der Waals surface area contributed by atoms with Crippen LogP contribution in [0.4, 0.5) is 0 Å². The minimum absolute atomic E-state index is 0.0375. The molecule has 6 nitrogen and oxygen atoms in total. The number of thiophene rings is 1. The van der Waals surface area contributed by atoms with Crippen LogP contribution in [0.15, 0.2) is 40.9 Å². The second kappa shape index (κ2) is 7.59. The van der Waals surface area contributed by atoms with E-state index in [9.17, 15) is 4.79 Å². The number of hydrogen-bond donors (Lipinski definition) is 1. The van der Waals surface area contributed by atoms with Gasteiger partial charge < -0.3 is 5.32 Å². The molecule has 0 radical (unpaired) electrons. The first-order chi connectivity index (χ1) is 11.6. The van der Waals surface area contributed by atoms with Crippen molar-refractivity contribution >= 4 is 29.0 Å². The summed E-state index contributed by atoms with van der Waals surface area (Å²) in [6, 6.07) is 10.0. The number of thioether (sulfide) groups is 1. The van der Waals surface area contributed by atoms with Crippen LogP contribution in [-0.4, -0.2) is 31.9 Å². The summed E-state index contributed by atoms with van der Waals surface area (Å²) in [5, 5.41) is 17.4. The maximum atomic E-state index is 12.0. The molecule has 0 aliphatic heterocycles. The molecule has 1 amide bonds. The SMILES string of the molecule is Cc1cccc(C)c1-n1nnnc1SCC(=O)NCc1cccs1. The van der Waals surface area contributed by atoms with Gasteiger partial charge >= 0.3 is 0 Å². The average Bonchev–Trinajstić information content (AvgIpc) is 3.23. The number of aryl methyl sites for hydroxylation is 2. The minimum atomic E-state index is -0.0375. The third-order valence-electron chi connectivity index (χ3n) is 3.46. The van der Waals surface area contributed by atoms with Gasteiger partial charge in [-0.2, -0.15) is 4.68 Å². The van der Waals surface area contributed by atoms with Crippen molar-refractivity contribution in [1.82, 2.24) is 25.5 Å². The van der Waals surface area contributed by atoms with E-state index >= 15 is 0 Å². The van der Waals surface area contributed by atoms with E-state index in [1.54, 1.807) is 16.0 Å². The van der Waals surface area contributed by atoms with Gasteiger partial charge in [0, 0.05) is 4.88 Å². The third kappa shape index (κ3) is 3.82. The highest BCUT2D eigenvalue weighted by atomic mass is 32.2. The topological polar surface area (TPSA) is 72.7 Å². The van der Waals surface area contributed by atoms with Gasteiger partial charge in [0.25, 0.3) is 0 Å². The molecule has 8 heteroatoms. The molecule has 1 N–H and O–H groups in total. The quantitative estimate of drug-likeness (QED) is 0.685. The number of hydrogen-bond acceptors (Lipinski definition) is 6. The molecular formula is C16H17N5OS2. The Morgan fingerprint density at radius 3 is 2.75 bits per heavy atom. The first-order valence-corrected chi connectivity index (χ1v) is 9.28. The van der Waals surface area contributed by atoms with E-state index in [4.69, 9.17) is 0 Å². The second-order valence-corrected chi connectivity index (χ2v) is 7.23. The smallest absolute Gasteiger partial charge is 0.230 e. The van der Waals surface area contributed by atoms with Crippen molar-refractivity contribution in [3.05, 3.63) is 51.7 Å². The first-order valence-electron chi connectivity index (χ1n) is 7.42. The summed E-state index contributed by atoms with van der Waals surface area (Å²) in [6.45, 7) is 4.59. The van der Waals surface area contributed by atoms with Crippen molar-refractivity contribution < 1.29 is 4.79 Å². The Morgan fingerprint density at radius 2 is 2.04 bits per heavy atom. The molecule has 0 saturated carbocycles. The van der Waals surface area contributed by atoms with Crippen LogP contribution in [0.2, 0.25) is 0 Å². The van der Waals surface area contributed by atoms with Gasteiger partial charge in [0.05, 0.1) is 18.0 Å². The van der Waals surface area contributed by atoms with Crippen LogP contribution < -0.4 is 5.32 Å². The third-order valence-corrected chi connectivity index (χ3v) is 5.26. The number of amides is 1. The Morgan fingerprint density at radius 1 is 1.25 bits per heavy atom. The lowest BCUT2D eigenvalue weighted by Gasteiger charge is -2.10. The molecule has 0 unspecified atom stereocenters. The number of nitrogens with zero attached hydrogens (tertiary/aromatic N) is 4. The lowest BCUT2D eigenvalue weighted by molar-refractivity contribution is -0.118. The molecule has 0 aliphatic rings. The maximum absolute atomic E-state index is 12.0. The zero-order valence-electron chi connectivity index (χ0n) is 13.4. The maximum Gasteiger partial charge on any atom is 0.230 e. The Labute approximate surface area is 148 Å². The van der Waals surface area contributed by atoms with Gasteiger partial charge in [-0.1, -0.05) is 36.0 Å². The van der Waals surface area contributed by atoms with E-state index in [0.29, 0.717) is 11.7 Å². The standard InChI is InChI=1S/C16H17N5OS2/c1-11-5-3-6-12(2)15(11)21-16(18-19-20-21)24-10-14(22)17-9-13-7-4-8-23-13/h3-8H,9-10H2,1-2H3,(H,17,22). The summed E-state index contributed by atoms with van der Waals surface area (Å²) in [6.07, 6.45) is 0. The number of tetrazole rings is 1. The summed E-state index contributed by atoms with van der Waals surface area (Å²) in [5.74, 6) is 0.237. The van der Waals surface area contributed by atoms with Crippen LogP contribution in [-0.2, 0) is 11.3 Å². The fraction of sp³-hybridized carbons (Fsp3) is 0.250. The predicted molar refractivity (Wildman–Crippen MR) is 95.5 cm³/mol. The number of para-hydroxylation sites is 1. The molecule has 0 bridgehead atoms. The van der Waals surface area contributed by atoms with Gasteiger partial charge in [0.15, 0.2) is 0 Å². The zero-order valence-corrected chi connectivity index (χ0v) is 15.0. The minimum Gasteiger partial charge on any atom is -0.350 e. The molecule has 0 aliphatic carbocycles. The molecule has 124 valence electrons. The van der Waals surface area contributed by atoms with E-state index in [0.717, 1.165) is 21.7 Å². The number of carbonyl (C=O) groups excluding carboxylic acids is 1. The Hall–Kier alpha value is -2.19. The van der Waals surface area contributed by atoms with Crippen LogP contribution in [0.25, 0.3) is 5.69 Å². The summed E-state index contributed by atoms with van der Waals surface area (Å²) in [4.78, 5) is 13.1. The van der Waals surface area contributed by atoms with Crippen molar-refractivity contribution in [3.63, 3.8) is 0 Å². The van der Waals surface area contributed by atoms with Crippen LogP contribution in [0.5, 0.6) is 0 Å².